The Morgan fingerprint density at radius 2 is 1.82 bits per heavy atom. The Labute approximate surface area is 172 Å². The van der Waals surface area contributed by atoms with Gasteiger partial charge in [-0.25, -0.2) is 9.97 Å². The summed E-state index contributed by atoms with van der Waals surface area (Å²) >= 11 is 1.94. The zero-order valence-corrected chi connectivity index (χ0v) is 17.9. The van der Waals surface area contributed by atoms with Crippen LogP contribution < -0.4 is 4.90 Å². The second-order valence-corrected chi connectivity index (χ2v) is 9.87. The lowest BCUT2D eigenvalue weighted by molar-refractivity contribution is 0.0331. The van der Waals surface area contributed by atoms with E-state index in [0.717, 1.165) is 57.7 Å². The fourth-order valence-electron chi connectivity index (χ4n) is 4.91. The van der Waals surface area contributed by atoms with Gasteiger partial charge in [0.15, 0.2) is 0 Å². The number of anilines is 1. The van der Waals surface area contributed by atoms with Gasteiger partial charge in [0.2, 0.25) is 0 Å². The molecule has 0 unspecified atom stereocenters. The Morgan fingerprint density at radius 3 is 2.61 bits per heavy atom. The fraction of sp³-hybridized carbons (Fsp3) is 0.727. The van der Waals surface area contributed by atoms with Crippen LogP contribution in [0.2, 0.25) is 0 Å². The smallest absolute Gasteiger partial charge is 0.146 e. The average Bonchev–Trinajstić information content (AvgIpc) is 2.87. The largest absolute Gasteiger partial charge is 0.379 e. The first-order chi connectivity index (χ1) is 13.8. The summed E-state index contributed by atoms with van der Waals surface area (Å²) in [7, 11) is 0. The fourth-order valence-corrected chi connectivity index (χ4v) is 6.30. The van der Waals surface area contributed by atoms with Gasteiger partial charge in [0.25, 0.3) is 0 Å². The number of morpholine rings is 1. The molecule has 2 aromatic rings. The zero-order chi connectivity index (χ0) is 18.9. The van der Waals surface area contributed by atoms with Gasteiger partial charge < -0.3 is 9.64 Å². The first-order valence-electron chi connectivity index (χ1n) is 11.1. The van der Waals surface area contributed by atoms with E-state index in [4.69, 9.17) is 14.7 Å². The highest BCUT2D eigenvalue weighted by Crippen LogP contribution is 2.41. The summed E-state index contributed by atoms with van der Waals surface area (Å²) in [6, 6.07) is 0. The molecule has 4 heterocycles. The van der Waals surface area contributed by atoms with E-state index in [1.54, 1.807) is 10.4 Å². The molecule has 1 aliphatic carbocycles. The van der Waals surface area contributed by atoms with Crippen LogP contribution in [0.3, 0.4) is 0 Å². The number of hydrogen-bond donors (Lipinski definition) is 0. The Bertz CT molecular complexity index is 822. The van der Waals surface area contributed by atoms with Gasteiger partial charge in [-0.2, -0.15) is 0 Å². The van der Waals surface area contributed by atoms with Crippen LogP contribution >= 0.6 is 11.3 Å². The van der Waals surface area contributed by atoms with Crippen molar-refractivity contribution in [3.63, 3.8) is 0 Å². The van der Waals surface area contributed by atoms with Gasteiger partial charge in [-0.1, -0.05) is 19.8 Å². The highest BCUT2D eigenvalue weighted by Gasteiger charge is 2.26. The molecule has 6 heteroatoms. The van der Waals surface area contributed by atoms with E-state index < -0.39 is 0 Å². The van der Waals surface area contributed by atoms with Crippen LogP contribution in [0.15, 0.2) is 0 Å². The summed E-state index contributed by atoms with van der Waals surface area (Å²) < 4.78 is 5.52. The molecular formula is C22H32N4OS. The monoisotopic (exact) mass is 400 g/mol. The number of thiophene rings is 1. The molecule has 5 nitrogen and oxygen atoms in total. The van der Waals surface area contributed by atoms with Crippen molar-refractivity contribution in [2.24, 2.45) is 5.92 Å². The van der Waals surface area contributed by atoms with Gasteiger partial charge in [-0.3, -0.25) is 4.90 Å². The SMILES string of the molecule is C[C@H]1CCc2c(sc3nc(CN4CCOCC4)nc(N4CCCCCC4)c23)C1. The maximum absolute atomic E-state index is 5.52. The van der Waals surface area contributed by atoms with E-state index in [1.807, 2.05) is 11.3 Å². The number of rotatable bonds is 3. The molecule has 2 fully saturated rings. The van der Waals surface area contributed by atoms with Crippen LogP contribution in [0.5, 0.6) is 0 Å². The molecule has 0 aromatic carbocycles. The molecule has 2 saturated heterocycles. The van der Waals surface area contributed by atoms with E-state index in [-0.39, 0.29) is 0 Å². The maximum Gasteiger partial charge on any atom is 0.146 e. The minimum atomic E-state index is 0.794. The van der Waals surface area contributed by atoms with Crippen LogP contribution in [0.4, 0.5) is 5.82 Å². The highest BCUT2D eigenvalue weighted by atomic mass is 32.1. The van der Waals surface area contributed by atoms with E-state index >= 15 is 0 Å². The number of fused-ring (bicyclic) bond motifs is 3. The number of aryl methyl sites for hydroxylation is 1. The van der Waals surface area contributed by atoms with Crippen LogP contribution in [0.25, 0.3) is 10.2 Å². The van der Waals surface area contributed by atoms with Crippen molar-refractivity contribution < 1.29 is 4.74 Å². The summed E-state index contributed by atoms with van der Waals surface area (Å²) in [5.74, 6) is 3.03. The van der Waals surface area contributed by atoms with Gasteiger partial charge in [0.05, 0.1) is 25.1 Å². The lowest BCUT2D eigenvalue weighted by Gasteiger charge is -2.27. The average molecular weight is 401 g/mol. The molecule has 0 amide bonds. The summed E-state index contributed by atoms with van der Waals surface area (Å²) in [6.07, 6.45) is 8.99. The summed E-state index contributed by atoms with van der Waals surface area (Å²) in [6.45, 7) is 9.14. The van der Waals surface area contributed by atoms with Crippen LogP contribution in [0.1, 0.15) is 55.3 Å². The molecule has 0 N–H and O–H groups in total. The van der Waals surface area contributed by atoms with E-state index in [1.165, 1.54) is 61.0 Å². The molecule has 2 aliphatic heterocycles. The van der Waals surface area contributed by atoms with Crippen molar-refractivity contribution in [2.75, 3.05) is 44.3 Å². The van der Waals surface area contributed by atoms with Crippen molar-refractivity contribution in [1.82, 2.24) is 14.9 Å². The second-order valence-electron chi connectivity index (χ2n) is 8.79. The van der Waals surface area contributed by atoms with E-state index in [9.17, 15) is 0 Å². The van der Waals surface area contributed by atoms with E-state index in [0.29, 0.717) is 0 Å². The zero-order valence-electron chi connectivity index (χ0n) is 17.1. The molecule has 28 heavy (non-hydrogen) atoms. The Balaban J connectivity index is 1.56. The molecule has 0 saturated carbocycles. The van der Waals surface area contributed by atoms with Gasteiger partial charge >= 0.3 is 0 Å². The third-order valence-corrected chi connectivity index (χ3v) is 7.70. The van der Waals surface area contributed by atoms with Crippen molar-refractivity contribution in [2.45, 2.75) is 58.4 Å². The van der Waals surface area contributed by atoms with Gasteiger partial charge in [-0.15, -0.1) is 11.3 Å². The molecule has 1 atom stereocenters. The lowest BCUT2D eigenvalue weighted by atomic mass is 9.89. The predicted octanol–water partition coefficient (Wildman–Crippen LogP) is 4.03. The number of ether oxygens (including phenoxy) is 1. The molecule has 0 spiro atoms. The van der Waals surface area contributed by atoms with Gasteiger partial charge in [-0.05, 0) is 43.6 Å². The second kappa shape index (κ2) is 8.25. The van der Waals surface area contributed by atoms with Gasteiger partial charge in [0, 0.05) is 31.1 Å². The predicted molar refractivity (Wildman–Crippen MR) is 115 cm³/mol. The maximum atomic E-state index is 5.52. The summed E-state index contributed by atoms with van der Waals surface area (Å²) in [4.78, 5) is 18.1. The normalized spacial score (nSPS) is 24.3. The summed E-state index contributed by atoms with van der Waals surface area (Å²) in [5.41, 5.74) is 1.57. The van der Waals surface area contributed by atoms with Crippen molar-refractivity contribution >= 4 is 27.4 Å². The standard InChI is InChI=1S/C22H32N4OS/c1-16-6-7-17-18(14-16)28-22-20(17)21(26-8-4-2-3-5-9-26)23-19(24-22)15-25-10-12-27-13-11-25/h16H,2-15H2,1H3/t16-/m0/s1. The third-order valence-electron chi connectivity index (χ3n) is 6.56. The summed E-state index contributed by atoms with van der Waals surface area (Å²) in [5, 5.41) is 1.39. The van der Waals surface area contributed by atoms with Crippen LogP contribution in [0, 0.1) is 5.92 Å². The topological polar surface area (TPSA) is 41.5 Å². The molecule has 2 aromatic heterocycles. The van der Waals surface area contributed by atoms with Gasteiger partial charge in [0.1, 0.15) is 16.5 Å². The first-order valence-corrected chi connectivity index (χ1v) is 12.0. The Kier molecular flexibility index (Phi) is 5.53. The van der Waals surface area contributed by atoms with Crippen molar-refractivity contribution in [3.8, 4) is 0 Å². The highest BCUT2D eigenvalue weighted by molar-refractivity contribution is 7.19. The molecule has 5 rings (SSSR count). The third kappa shape index (κ3) is 3.79. The molecule has 152 valence electrons. The molecule has 0 bridgehead atoms. The van der Waals surface area contributed by atoms with Crippen molar-refractivity contribution in [3.05, 3.63) is 16.3 Å². The molecule has 0 radical (unpaired) electrons. The molecule has 3 aliphatic rings. The Morgan fingerprint density at radius 1 is 1.04 bits per heavy atom. The lowest BCUT2D eigenvalue weighted by Crippen LogP contribution is -2.36. The first kappa shape index (κ1) is 18.8. The quantitative estimate of drug-likeness (QED) is 0.778. The number of hydrogen-bond acceptors (Lipinski definition) is 6. The minimum absolute atomic E-state index is 0.794. The van der Waals surface area contributed by atoms with E-state index in [2.05, 4.69) is 16.7 Å². The minimum Gasteiger partial charge on any atom is -0.379 e. The Hall–Kier alpha value is -1.24. The van der Waals surface area contributed by atoms with Crippen molar-refractivity contribution in [1.29, 1.82) is 0 Å². The number of aromatic nitrogens is 2. The van der Waals surface area contributed by atoms with Crippen LogP contribution in [-0.4, -0.2) is 54.3 Å². The van der Waals surface area contributed by atoms with Crippen LogP contribution in [-0.2, 0) is 24.1 Å². The molecular weight excluding hydrogens is 368 g/mol. The number of nitrogens with zero attached hydrogens (tertiary/aromatic N) is 4.